The van der Waals surface area contributed by atoms with Crippen LogP contribution in [0.2, 0.25) is 0 Å². The number of hydrogen-bond acceptors (Lipinski definition) is 7. The topological polar surface area (TPSA) is 91.3 Å². The number of carbonyl (C=O) groups excluding carboxylic acids is 1. The van der Waals surface area contributed by atoms with E-state index in [4.69, 9.17) is 4.74 Å². The fourth-order valence-corrected chi connectivity index (χ4v) is 5.10. The van der Waals surface area contributed by atoms with Gasteiger partial charge in [0.15, 0.2) is 0 Å². The lowest BCUT2D eigenvalue weighted by molar-refractivity contribution is -0.119. The van der Waals surface area contributed by atoms with E-state index in [9.17, 15) is 13.2 Å². The van der Waals surface area contributed by atoms with Crippen molar-refractivity contribution in [1.29, 1.82) is 0 Å². The van der Waals surface area contributed by atoms with Crippen molar-refractivity contribution in [2.45, 2.75) is 16.7 Å². The van der Waals surface area contributed by atoms with Gasteiger partial charge in [0.2, 0.25) is 0 Å². The second-order valence-corrected chi connectivity index (χ2v) is 10.6. The van der Waals surface area contributed by atoms with Crippen LogP contribution in [0.3, 0.4) is 0 Å². The number of hydrogen-bond donors (Lipinski definition) is 1. The number of thioether (sulfide) groups is 1. The predicted octanol–water partition coefficient (Wildman–Crippen LogP) is 4.22. The standard InChI is InChI=1S/C26H30N4O4S2/c1-5-34-23-12-10-22(11-13-23)30(36(32,33)25-16-14-24(35-4)15-17-25)19-26(31)28-27-18-20-6-8-21(9-7-20)29(2)3/h6-18H,5,19H2,1-4H3,(H,28,31)/b27-18-. The Morgan fingerprint density at radius 1 is 0.972 bits per heavy atom. The van der Waals surface area contributed by atoms with Gasteiger partial charge in [-0.15, -0.1) is 11.8 Å². The molecule has 0 saturated heterocycles. The van der Waals surface area contributed by atoms with E-state index in [-0.39, 0.29) is 4.90 Å². The number of rotatable bonds is 11. The number of nitrogens with one attached hydrogen (secondary N) is 1. The minimum absolute atomic E-state index is 0.0893. The average molecular weight is 527 g/mol. The highest BCUT2D eigenvalue weighted by molar-refractivity contribution is 7.98. The smallest absolute Gasteiger partial charge is 0.264 e. The number of anilines is 2. The van der Waals surface area contributed by atoms with Crippen molar-refractivity contribution in [2.75, 3.05) is 42.7 Å². The van der Waals surface area contributed by atoms with E-state index in [2.05, 4.69) is 10.5 Å². The first-order valence-electron chi connectivity index (χ1n) is 11.2. The predicted molar refractivity (Wildman–Crippen MR) is 147 cm³/mol. The maximum absolute atomic E-state index is 13.5. The van der Waals surface area contributed by atoms with Gasteiger partial charge >= 0.3 is 0 Å². The molecular weight excluding hydrogens is 496 g/mol. The van der Waals surface area contributed by atoms with Crippen molar-refractivity contribution in [3.63, 3.8) is 0 Å². The Balaban J connectivity index is 1.81. The summed E-state index contributed by atoms with van der Waals surface area (Å²) in [5, 5.41) is 4.00. The largest absolute Gasteiger partial charge is 0.494 e. The molecule has 8 nitrogen and oxygen atoms in total. The molecule has 0 saturated carbocycles. The fourth-order valence-electron chi connectivity index (χ4n) is 3.27. The summed E-state index contributed by atoms with van der Waals surface area (Å²) in [7, 11) is -0.125. The Morgan fingerprint density at radius 3 is 2.14 bits per heavy atom. The summed E-state index contributed by atoms with van der Waals surface area (Å²) in [5.74, 6) is 0.0339. The van der Waals surface area contributed by atoms with Gasteiger partial charge in [-0.05, 0) is 79.4 Å². The maximum atomic E-state index is 13.5. The number of amides is 1. The SMILES string of the molecule is CCOc1ccc(N(CC(=O)N/N=C\c2ccc(N(C)C)cc2)S(=O)(=O)c2ccc(SC)cc2)cc1. The van der Waals surface area contributed by atoms with Gasteiger partial charge in [-0.25, -0.2) is 13.8 Å². The van der Waals surface area contributed by atoms with Gasteiger partial charge < -0.3 is 9.64 Å². The molecular formula is C26H30N4O4S2. The second-order valence-electron chi connectivity index (χ2n) is 7.89. The molecule has 0 aliphatic carbocycles. The molecule has 0 spiro atoms. The molecule has 0 aliphatic heterocycles. The van der Waals surface area contributed by atoms with Gasteiger partial charge in [0.25, 0.3) is 15.9 Å². The van der Waals surface area contributed by atoms with Crippen LogP contribution < -0.4 is 19.4 Å². The summed E-state index contributed by atoms with van der Waals surface area (Å²) < 4.78 is 33.6. The molecule has 0 fully saturated rings. The summed E-state index contributed by atoms with van der Waals surface area (Å²) in [6.07, 6.45) is 3.42. The normalized spacial score (nSPS) is 11.3. The van der Waals surface area contributed by atoms with Crippen molar-refractivity contribution in [1.82, 2.24) is 5.43 Å². The molecule has 0 heterocycles. The van der Waals surface area contributed by atoms with Crippen LogP contribution in [-0.4, -0.2) is 54.0 Å². The van der Waals surface area contributed by atoms with Crippen molar-refractivity contribution >= 4 is 45.3 Å². The molecule has 0 aromatic heterocycles. The number of hydrazone groups is 1. The Morgan fingerprint density at radius 2 is 1.58 bits per heavy atom. The number of benzene rings is 3. The van der Waals surface area contributed by atoms with Crippen molar-refractivity contribution < 1.29 is 17.9 Å². The summed E-state index contributed by atoms with van der Waals surface area (Å²) in [6.45, 7) is 1.91. The Labute approximate surface area is 217 Å². The van der Waals surface area contributed by atoms with Gasteiger partial charge in [-0.1, -0.05) is 12.1 Å². The van der Waals surface area contributed by atoms with Gasteiger partial charge in [-0.3, -0.25) is 9.10 Å². The third kappa shape index (κ3) is 7.02. The van der Waals surface area contributed by atoms with Crippen molar-refractivity contribution in [2.24, 2.45) is 5.10 Å². The van der Waals surface area contributed by atoms with Crippen LogP contribution >= 0.6 is 11.8 Å². The number of sulfonamides is 1. The third-order valence-electron chi connectivity index (χ3n) is 5.18. The summed E-state index contributed by atoms with van der Waals surface area (Å²) in [4.78, 5) is 15.7. The average Bonchev–Trinajstić information content (AvgIpc) is 2.88. The van der Waals surface area contributed by atoms with Crippen LogP contribution in [0.25, 0.3) is 0 Å². The van der Waals surface area contributed by atoms with Gasteiger partial charge in [0.05, 0.1) is 23.4 Å². The summed E-state index contributed by atoms with van der Waals surface area (Å²) in [5.41, 5.74) is 4.60. The van der Waals surface area contributed by atoms with Crippen molar-refractivity contribution in [3.05, 3.63) is 78.4 Å². The monoisotopic (exact) mass is 526 g/mol. The van der Waals surface area contributed by atoms with Crippen LogP contribution in [0.1, 0.15) is 12.5 Å². The van der Waals surface area contributed by atoms with Crippen molar-refractivity contribution in [3.8, 4) is 5.75 Å². The number of carbonyl (C=O) groups is 1. The Hall–Kier alpha value is -3.50. The van der Waals surface area contributed by atoms with E-state index in [1.807, 2.05) is 56.4 Å². The zero-order chi connectivity index (χ0) is 26.1. The molecule has 3 aromatic rings. The molecule has 0 atom stereocenters. The minimum Gasteiger partial charge on any atom is -0.494 e. The molecule has 3 aromatic carbocycles. The number of ether oxygens (including phenoxy) is 1. The highest BCUT2D eigenvalue weighted by Gasteiger charge is 2.27. The van der Waals surface area contributed by atoms with E-state index >= 15 is 0 Å². The van der Waals surface area contributed by atoms with Crippen LogP contribution in [0.15, 0.2) is 87.7 Å². The van der Waals surface area contributed by atoms with Gasteiger partial charge in [-0.2, -0.15) is 5.10 Å². The van der Waals surface area contributed by atoms with E-state index < -0.39 is 22.5 Å². The van der Waals surface area contributed by atoms with Crippen LogP contribution in [0, 0.1) is 0 Å². The van der Waals surface area contributed by atoms with E-state index in [1.165, 1.54) is 30.1 Å². The second kappa shape index (κ2) is 12.5. The minimum atomic E-state index is -4.02. The molecule has 190 valence electrons. The van der Waals surface area contributed by atoms with Gasteiger partial charge in [0, 0.05) is 24.7 Å². The lowest BCUT2D eigenvalue weighted by Gasteiger charge is -2.24. The summed E-state index contributed by atoms with van der Waals surface area (Å²) in [6, 6.07) is 20.7. The quantitative estimate of drug-likeness (QED) is 0.229. The Bertz CT molecular complexity index is 1280. The molecule has 0 unspecified atom stereocenters. The molecule has 1 N–H and O–H groups in total. The highest BCUT2D eigenvalue weighted by atomic mass is 32.2. The van der Waals surface area contributed by atoms with E-state index in [0.29, 0.717) is 18.0 Å². The highest BCUT2D eigenvalue weighted by Crippen LogP contribution is 2.27. The summed E-state index contributed by atoms with van der Waals surface area (Å²) >= 11 is 1.51. The molecule has 36 heavy (non-hydrogen) atoms. The molecule has 0 radical (unpaired) electrons. The molecule has 3 rings (SSSR count). The van der Waals surface area contributed by atoms with E-state index in [1.54, 1.807) is 36.4 Å². The lowest BCUT2D eigenvalue weighted by atomic mass is 10.2. The molecule has 0 bridgehead atoms. The maximum Gasteiger partial charge on any atom is 0.264 e. The Kier molecular flexibility index (Phi) is 9.38. The molecule has 0 aliphatic rings. The number of nitrogens with zero attached hydrogens (tertiary/aromatic N) is 3. The fraction of sp³-hybridized carbons (Fsp3) is 0.231. The first-order chi connectivity index (χ1) is 17.2. The van der Waals surface area contributed by atoms with Crippen LogP contribution in [0.5, 0.6) is 5.75 Å². The van der Waals surface area contributed by atoms with Crippen LogP contribution in [-0.2, 0) is 14.8 Å². The molecule has 10 heteroatoms. The first-order valence-corrected chi connectivity index (χ1v) is 13.9. The zero-order valence-electron chi connectivity index (χ0n) is 20.7. The van der Waals surface area contributed by atoms with Gasteiger partial charge in [0.1, 0.15) is 12.3 Å². The zero-order valence-corrected chi connectivity index (χ0v) is 22.3. The van der Waals surface area contributed by atoms with Crippen LogP contribution in [0.4, 0.5) is 11.4 Å². The third-order valence-corrected chi connectivity index (χ3v) is 7.71. The lowest BCUT2D eigenvalue weighted by Crippen LogP contribution is -2.39. The first kappa shape index (κ1) is 27.1. The molecule has 1 amide bonds. The van der Waals surface area contributed by atoms with E-state index in [0.717, 1.165) is 20.5 Å².